The van der Waals surface area contributed by atoms with Crippen LogP contribution in [0.4, 0.5) is 10.5 Å². The van der Waals surface area contributed by atoms with Crippen LogP contribution in [0, 0.1) is 0 Å². The smallest absolute Gasteiger partial charge is 0.414 e. The zero-order valence-electron chi connectivity index (χ0n) is 11.7. The van der Waals surface area contributed by atoms with Gasteiger partial charge < -0.3 is 15.2 Å². The summed E-state index contributed by atoms with van der Waals surface area (Å²) in [5.41, 5.74) is 0.398. The van der Waals surface area contributed by atoms with E-state index in [1.165, 1.54) is 17.0 Å². The van der Waals surface area contributed by atoms with Crippen LogP contribution in [-0.2, 0) is 4.74 Å². The number of carbonyl (C=O) groups is 2. The van der Waals surface area contributed by atoms with Gasteiger partial charge in [-0.3, -0.25) is 4.90 Å². The number of hydrogen-bond acceptors (Lipinski definition) is 4. The van der Waals surface area contributed by atoms with E-state index in [-0.39, 0.29) is 17.3 Å². The molecule has 6 nitrogen and oxygen atoms in total. The Kier molecular flexibility index (Phi) is 3.55. The zero-order chi connectivity index (χ0) is 14.9. The number of anilines is 1. The van der Waals surface area contributed by atoms with Crippen LogP contribution in [0.15, 0.2) is 24.3 Å². The van der Waals surface area contributed by atoms with Crippen molar-refractivity contribution in [3.05, 3.63) is 29.8 Å². The van der Waals surface area contributed by atoms with Gasteiger partial charge in [0.25, 0.3) is 0 Å². The molecule has 2 N–H and O–H groups in total. The topological polar surface area (TPSA) is 78.9 Å². The maximum atomic E-state index is 12.3. The van der Waals surface area contributed by atoms with E-state index >= 15 is 0 Å². The van der Waals surface area contributed by atoms with Crippen molar-refractivity contribution in [2.75, 3.05) is 24.5 Å². The van der Waals surface area contributed by atoms with Gasteiger partial charge in [0.2, 0.25) is 0 Å². The highest BCUT2D eigenvalue weighted by Gasteiger charge is 2.41. The van der Waals surface area contributed by atoms with Gasteiger partial charge in [0.1, 0.15) is 5.60 Å². The molecule has 0 aromatic heterocycles. The summed E-state index contributed by atoms with van der Waals surface area (Å²) in [5, 5.41) is 12.3. The molecule has 21 heavy (non-hydrogen) atoms. The fourth-order valence-electron chi connectivity index (χ4n) is 2.97. The number of carboxylic acids is 1. The van der Waals surface area contributed by atoms with E-state index in [9.17, 15) is 9.59 Å². The summed E-state index contributed by atoms with van der Waals surface area (Å²) >= 11 is 0. The number of rotatable bonds is 2. The quantitative estimate of drug-likeness (QED) is 0.869. The highest BCUT2D eigenvalue weighted by molar-refractivity contribution is 5.93. The van der Waals surface area contributed by atoms with Gasteiger partial charge in [0.15, 0.2) is 0 Å². The maximum absolute atomic E-state index is 12.3. The monoisotopic (exact) mass is 290 g/mol. The predicted molar refractivity (Wildman–Crippen MR) is 76.7 cm³/mol. The van der Waals surface area contributed by atoms with E-state index in [4.69, 9.17) is 9.84 Å². The molecular weight excluding hydrogens is 272 g/mol. The van der Waals surface area contributed by atoms with Crippen LogP contribution in [0.25, 0.3) is 0 Å². The molecule has 0 unspecified atom stereocenters. The molecule has 2 aliphatic heterocycles. The molecule has 0 saturated carbocycles. The Balaban J connectivity index is 1.77. The van der Waals surface area contributed by atoms with Crippen molar-refractivity contribution in [2.45, 2.75) is 24.9 Å². The minimum absolute atomic E-state index is 0.169. The Morgan fingerprint density at radius 3 is 2.71 bits per heavy atom. The Morgan fingerprint density at radius 1 is 1.29 bits per heavy atom. The van der Waals surface area contributed by atoms with E-state index in [1.54, 1.807) is 12.1 Å². The van der Waals surface area contributed by atoms with Gasteiger partial charge >= 0.3 is 12.1 Å². The van der Waals surface area contributed by atoms with Crippen molar-refractivity contribution >= 4 is 17.7 Å². The van der Waals surface area contributed by atoms with E-state index in [2.05, 4.69) is 5.32 Å². The second-order valence-electron chi connectivity index (χ2n) is 5.56. The largest absolute Gasteiger partial charge is 0.478 e. The van der Waals surface area contributed by atoms with Crippen LogP contribution in [0.3, 0.4) is 0 Å². The number of carboxylic acid groups (broad SMARTS) is 1. The minimum Gasteiger partial charge on any atom is -0.478 e. The van der Waals surface area contributed by atoms with Crippen LogP contribution in [0.2, 0.25) is 0 Å². The second kappa shape index (κ2) is 5.37. The van der Waals surface area contributed by atoms with Crippen LogP contribution in [0.1, 0.15) is 29.6 Å². The van der Waals surface area contributed by atoms with Crippen LogP contribution in [-0.4, -0.2) is 42.4 Å². The predicted octanol–water partition coefficient (Wildman–Crippen LogP) is 1.85. The summed E-state index contributed by atoms with van der Waals surface area (Å²) < 4.78 is 5.68. The SMILES string of the molecule is O=C(O)c1cccc(N2CCC3(CCNCC3)OC2=O)c1. The van der Waals surface area contributed by atoms with E-state index in [1.807, 2.05) is 0 Å². The van der Waals surface area contributed by atoms with Crippen molar-refractivity contribution in [1.29, 1.82) is 0 Å². The number of carbonyl (C=O) groups excluding carboxylic acids is 1. The van der Waals surface area contributed by atoms with E-state index in [0.717, 1.165) is 32.4 Å². The summed E-state index contributed by atoms with van der Waals surface area (Å²) in [6.45, 7) is 2.28. The molecule has 0 aliphatic carbocycles. The number of nitrogens with zero attached hydrogens (tertiary/aromatic N) is 1. The Bertz CT molecular complexity index is 567. The first-order valence-corrected chi connectivity index (χ1v) is 7.14. The van der Waals surface area contributed by atoms with Gasteiger partial charge in [0, 0.05) is 18.7 Å². The van der Waals surface area contributed by atoms with Crippen LogP contribution in [0.5, 0.6) is 0 Å². The van der Waals surface area contributed by atoms with Gasteiger partial charge in [0.05, 0.1) is 5.56 Å². The first kappa shape index (κ1) is 13.9. The van der Waals surface area contributed by atoms with Crippen molar-refractivity contribution in [3.8, 4) is 0 Å². The van der Waals surface area contributed by atoms with Gasteiger partial charge in [-0.05, 0) is 44.1 Å². The minimum atomic E-state index is -1.00. The molecular formula is C15H18N2O4. The molecule has 1 amide bonds. The molecule has 1 spiro atoms. The number of piperidine rings is 1. The number of hydrogen-bond donors (Lipinski definition) is 2. The number of nitrogens with one attached hydrogen (secondary N) is 1. The summed E-state index contributed by atoms with van der Waals surface area (Å²) in [5.74, 6) is -1.00. The summed E-state index contributed by atoms with van der Waals surface area (Å²) in [6, 6.07) is 6.38. The average molecular weight is 290 g/mol. The lowest BCUT2D eigenvalue weighted by molar-refractivity contribution is -0.0261. The molecule has 2 fully saturated rings. The molecule has 2 heterocycles. The highest BCUT2D eigenvalue weighted by atomic mass is 16.6. The third-order valence-corrected chi connectivity index (χ3v) is 4.23. The fraction of sp³-hybridized carbons (Fsp3) is 0.467. The first-order valence-electron chi connectivity index (χ1n) is 7.14. The van der Waals surface area contributed by atoms with Gasteiger partial charge in [-0.15, -0.1) is 0 Å². The third kappa shape index (κ3) is 2.71. The lowest BCUT2D eigenvalue weighted by atomic mass is 9.87. The summed E-state index contributed by atoms with van der Waals surface area (Å²) in [6.07, 6.45) is 2.06. The second-order valence-corrected chi connectivity index (χ2v) is 5.56. The lowest BCUT2D eigenvalue weighted by Gasteiger charge is -2.43. The van der Waals surface area contributed by atoms with Crippen molar-refractivity contribution in [2.24, 2.45) is 0 Å². The molecule has 0 radical (unpaired) electrons. The van der Waals surface area contributed by atoms with Gasteiger partial charge in [-0.1, -0.05) is 6.07 Å². The molecule has 2 saturated heterocycles. The lowest BCUT2D eigenvalue weighted by Crippen LogP contribution is -2.54. The van der Waals surface area contributed by atoms with Gasteiger partial charge in [-0.2, -0.15) is 0 Å². The standard InChI is InChI=1S/C15H18N2O4/c18-13(19)11-2-1-3-12(10-11)17-9-6-15(21-14(17)20)4-7-16-8-5-15/h1-3,10,16H,4-9H2,(H,18,19). The van der Waals surface area contributed by atoms with Crippen LogP contribution < -0.4 is 10.2 Å². The van der Waals surface area contributed by atoms with Crippen molar-refractivity contribution in [1.82, 2.24) is 5.32 Å². The van der Waals surface area contributed by atoms with Crippen LogP contribution >= 0.6 is 0 Å². The first-order chi connectivity index (χ1) is 10.1. The number of ether oxygens (including phenoxy) is 1. The fourth-order valence-corrected chi connectivity index (χ4v) is 2.97. The Labute approximate surface area is 122 Å². The highest BCUT2D eigenvalue weighted by Crippen LogP contribution is 2.33. The molecule has 0 atom stereocenters. The maximum Gasteiger partial charge on any atom is 0.414 e. The molecule has 112 valence electrons. The molecule has 2 aliphatic rings. The Hall–Kier alpha value is -2.08. The Morgan fingerprint density at radius 2 is 2.05 bits per heavy atom. The third-order valence-electron chi connectivity index (χ3n) is 4.23. The number of benzene rings is 1. The molecule has 6 heteroatoms. The molecule has 3 rings (SSSR count). The molecule has 0 bridgehead atoms. The number of amides is 1. The molecule has 1 aromatic rings. The van der Waals surface area contributed by atoms with Crippen molar-refractivity contribution in [3.63, 3.8) is 0 Å². The summed E-state index contributed by atoms with van der Waals surface area (Å²) in [4.78, 5) is 24.8. The average Bonchev–Trinajstić information content (AvgIpc) is 2.48. The van der Waals surface area contributed by atoms with E-state index < -0.39 is 5.97 Å². The van der Waals surface area contributed by atoms with Gasteiger partial charge in [-0.25, -0.2) is 9.59 Å². The molecule has 1 aromatic carbocycles. The van der Waals surface area contributed by atoms with E-state index in [0.29, 0.717) is 12.2 Å². The normalized spacial score (nSPS) is 21.1. The summed E-state index contributed by atoms with van der Waals surface area (Å²) in [7, 11) is 0. The number of aromatic carboxylic acids is 1. The van der Waals surface area contributed by atoms with Crippen molar-refractivity contribution < 1.29 is 19.4 Å². The zero-order valence-corrected chi connectivity index (χ0v) is 11.7.